The van der Waals surface area contributed by atoms with Crippen molar-refractivity contribution in [1.29, 1.82) is 0 Å². The van der Waals surface area contributed by atoms with Crippen LogP contribution in [0.25, 0.3) is 11.0 Å². The first-order valence-corrected chi connectivity index (χ1v) is 4.60. The van der Waals surface area contributed by atoms with Crippen LogP contribution in [-0.4, -0.2) is 15.8 Å². The van der Waals surface area contributed by atoms with Gasteiger partial charge >= 0.3 is 0 Å². The molecule has 0 fully saturated rings. The van der Waals surface area contributed by atoms with Crippen molar-refractivity contribution < 1.29 is 4.79 Å². The molecule has 0 radical (unpaired) electrons. The van der Waals surface area contributed by atoms with Gasteiger partial charge in [0, 0.05) is 6.20 Å². The van der Waals surface area contributed by atoms with Crippen molar-refractivity contribution in [2.75, 3.05) is 0 Å². The number of hydrogen-bond donors (Lipinski definition) is 1. The fraction of sp³-hybridized carbons (Fsp3) is 0.182. The smallest absolute Gasteiger partial charge is 0.259 e. The van der Waals surface area contributed by atoms with Gasteiger partial charge in [0.15, 0.2) is 5.78 Å². The second kappa shape index (κ2) is 3.31. The molecule has 2 aromatic rings. The molecule has 0 saturated heterocycles. The maximum Gasteiger partial charge on any atom is 0.259 e. The first-order valence-electron chi connectivity index (χ1n) is 4.60. The second-order valence-electron chi connectivity index (χ2n) is 3.41. The zero-order valence-corrected chi connectivity index (χ0v) is 8.50. The molecule has 2 aromatic heterocycles. The Labute approximate surface area is 86.0 Å². The van der Waals surface area contributed by atoms with Gasteiger partial charge in [0.25, 0.3) is 5.56 Å². The lowest BCUT2D eigenvalue weighted by Gasteiger charge is -2.04. The topological polar surface area (TPSA) is 62.8 Å². The molecule has 76 valence electrons. The number of fused-ring (bicyclic) bond motifs is 1. The lowest BCUT2D eigenvalue weighted by molar-refractivity contribution is 0.101. The summed E-state index contributed by atoms with van der Waals surface area (Å²) in [6, 6.07) is 3.51. The Kier molecular flexibility index (Phi) is 2.11. The number of aromatic nitrogens is 2. The van der Waals surface area contributed by atoms with Crippen molar-refractivity contribution >= 4 is 16.8 Å². The summed E-state index contributed by atoms with van der Waals surface area (Å²) in [5.74, 6) is -0.235. The van der Waals surface area contributed by atoms with E-state index in [4.69, 9.17) is 0 Å². The molecule has 0 aromatic carbocycles. The van der Waals surface area contributed by atoms with Crippen molar-refractivity contribution in [1.82, 2.24) is 9.97 Å². The number of aromatic amines is 1. The van der Waals surface area contributed by atoms with E-state index in [1.807, 2.05) is 0 Å². The van der Waals surface area contributed by atoms with E-state index >= 15 is 0 Å². The zero-order valence-electron chi connectivity index (χ0n) is 8.50. The Morgan fingerprint density at radius 1 is 1.47 bits per heavy atom. The predicted octanol–water partition coefficient (Wildman–Crippen LogP) is 1.43. The fourth-order valence-electron chi connectivity index (χ4n) is 1.70. The highest BCUT2D eigenvalue weighted by Gasteiger charge is 2.12. The largest absolute Gasteiger partial charge is 0.320 e. The summed E-state index contributed by atoms with van der Waals surface area (Å²) < 4.78 is 0. The lowest BCUT2D eigenvalue weighted by atomic mass is 10.1. The molecule has 0 spiro atoms. The van der Waals surface area contributed by atoms with Crippen molar-refractivity contribution in [3.8, 4) is 0 Å². The monoisotopic (exact) mass is 202 g/mol. The van der Waals surface area contributed by atoms with Gasteiger partial charge in [0.05, 0.1) is 16.6 Å². The van der Waals surface area contributed by atoms with E-state index in [1.54, 1.807) is 25.3 Å². The van der Waals surface area contributed by atoms with E-state index in [2.05, 4.69) is 9.97 Å². The molecule has 4 nitrogen and oxygen atoms in total. The van der Waals surface area contributed by atoms with Crippen LogP contribution in [0.15, 0.2) is 23.1 Å². The molecule has 2 heterocycles. The summed E-state index contributed by atoms with van der Waals surface area (Å²) in [5, 5.41) is 0. The third-order valence-corrected chi connectivity index (χ3v) is 2.37. The molecule has 0 aliphatic carbocycles. The Bertz CT molecular complexity index is 599. The quantitative estimate of drug-likeness (QED) is 0.711. The van der Waals surface area contributed by atoms with Gasteiger partial charge in [-0.05, 0) is 31.5 Å². The molecular weight excluding hydrogens is 192 g/mol. The highest BCUT2D eigenvalue weighted by atomic mass is 16.1. The van der Waals surface area contributed by atoms with Crippen molar-refractivity contribution in [3.05, 3.63) is 39.8 Å². The van der Waals surface area contributed by atoms with Gasteiger partial charge in [-0.15, -0.1) is 0 Å². The number of hydrogen-bond acceptors (Lipinski definition) is 3. The normalized spacial score (nSPS) is 10.5. The number of aryl methyl sites for hydroxylation is 1. The number of nitrogens with one attached hydrogen (secondary N) is 1. The molecular formula is C11H10N2O2. The minimum absolute atomic E-state index is 0.196. The highest BCUT2D eigenvalue weighted by Crippen LogP contribution is 2.14. The predicted molar refractivity (Wildman–Crippen MR) is 57.1 cm³/mol. The van der Waals surface area contributed by atoms with Gasteiger partial charge in [-0.1, -0.05) is 0 Å². The van der Waals surface area contributed by atoms with Gasteiger partial charge in [0.1, 0.15) is 0 Å². The van der Waals surface area contributed by atoms with Crippen LogP contribution in [0, 0.1) is 6.92 Å². The van der Waals surface area contributed by atoms with Gasteiger partial charge < -0.3 is 4.98 Å². The molecule has 0 aliphatic heterocycles. The highest BCUT2D eigenvalue weighted by molar-refractivity contribution is 5.98. The minimum atomic E-state index is -0.347. The number of carbonyl (C=O) groups is 1. The van der Waals surface area contributed by atoms with Gasteiger partial charge in [0.2, 0.25) is 0 Å². The molecule has 1 N–H and O–H groups in total. The van der Waals surface area contributed by atoms with E-state index in [1.165, 1.54) is 6.92 Å². The molecule has 0 aliphatic rings. The molecule has 15 heavy (non-hydrogen) atoms. The number of carbonyl (C=O) groups excluding carboxylic acids is 1. The Hall–Kier alpha value is -1.97. The summed E-state index contributed by atoms with van der Waals surface area (Å²) in [4.78, 5) is 29.7. The van der Waals surface area contributed by atoms with E-state index in [-0.39, 0.29) is 16.9 Å². The third kappa shape index (κ3) is 1.44. The second-order valence-corrected chi connectivity index (χ2v) is 3.41. The van der Waals surface area contributed by atoms with Crippen LogP contribution in [0.4, 0.5) is 0 Å². The van der Waals surface area contributed by atoms with Crippen molar-refractivity contribution in [3.63, 3.8) is 0 Å². The molecule has 0 bridgehead atoms. The molecule has 0 unspecified atom stereocenters. The van der Waals surface area contributed by atoms with Crippen LogP contribution < -0.4 is 5.56 Å². The summed E-state index contributed by atoms with van der Waals surface area (Å²) in [5.41, 5.74) is 1.82. The van der Waals surface area contributed by atoms with E-state index in [9.17, 15) is 9.59 Å². The van der Waals surface area contributed by atoms with E-state index in [0.717, 1.165) is 0 Å². The number of rotatable bonds is 1. The SMILES string of the molecule is CC(=O)c1c(C)c2ncccc2[nH]c1=O. The van der Waals surface area contributed by atoms with Crippen LogP contribution in [0.3, 0.4) is 0 Å². The summed E-state index contributed by atoms with van der Waals surface area (Å²) in [6.07, 6.45) is 1.64. The van der Waals surface area contributed by atoms with Crippen LogP contribution in [0.5, 0.6) is 0 Å². The number of H-pyrrole nitrogens is 1. The molecule has 0 saturated carbocycles. The van der Waals surface area contributed by atoms with Crippen LogP contribution in [0.2, 0.25) is 0 Å². The molecule has 0 atom stereocenters. The average Bonchev–Trinajstić information content (AvgIpc) is 2.17. The van der Waals surface area contributed by atoms with Crippen LogP contribution in [0.1, 0.15) is 22.8 Å². The average molecular weight is 202 g/mol. The van der Waals surface area contributed by atoms with Crippen molar-refractivity contribution in [2.45, 2.75) is 13.8 Å². The van der Waals surface area contributed by atoms with Crippen LogP contribution in [-0.2, 0) is 0 Å². The van der Waals surface area contributed by atoms with E-state index in [0.29, 0.717) is 16.6 Å². The lowest BCUT2D eigenvalue weighted by Crippen LogP contribution is -2.18. The van der Waals surface area contributed by atoms with Gasteiger partial charge in [-0.2, -0.15) is 0 Å². The zero-order chi connectivity index (χ0) is 11.0. The number of pyridine rings is 2. The fourth-order valence-corrected chi connectivity index (χ4v) is 1.70. The molecule has 0 amide bonds. The maximum atomic E-state index is 11.6. The Morgan fingerprint density at radius 3 is 2.87 bits per heavy atom. The maximum absolute atomic E-state index is 11.6. The van der Waals surface area contributed by atoms with Crippen molar-refractivity contribution in [2.24, 2.45) is 0 Å². The minimum Gasteiger partial charge on any atom is -0.320 e. The van der Waals surface area contributed by atoms with Gasteiger partial charge in [-0.3, -0.25) is 14.6 Å². The third-order valence-electron chi connectivity index (χ3n) is 2.37. The summed E-state index contributed by atoms with van der Waals surface area (Å²) in [7, 11) is 0. The summed E-state index contributed by atoms with van der Waals surface area (Å²) in [6.45, 7) is 3.12. The molecule has 4 heteroatoms. The van der Waals surface area contributed by atoms with Crippen LogP contribution >= 0.6 is 0 Å². The standard InChI is InChI=1S/C11H10N2O2/c1-6-9(7(2)14)11(15)13-8-4-3-5-12-10(6)8/h3-5H,1-2H3,(H,13,15). The number of nitrogens with zero attached hydrogens (tertiary/aromatic N) is 1. The Balaban J connectivity index is 2.97. The Morgan fingerprint density at radius 2 is 2.20 bits per heavy atom. The molecule has 2 rings (SSSR count). The van der Waals surface area contributed by atoms with E-state index < -0.39 is 0 Å². The number of ketones is 1. The first-order chi connectivity index (χ1) is 7.11. The van der Waals surface area contributed by atoms with Gasteiger partial charge in [-0.25, -0.2) is 0 Å². The number of Topliss-reactive ketones (excluding diaryl/α,β-unsaturated/α-hetero) is 1. The first kappa shape index (κ1) is 9.58. The summed E-state index contributed by atoms with van der Waals surface area (Å²) >= 11 is 0.